The average Bonchev–Trinajstić information content (AvgIpc) is 3.33. The number of alkyl carbamates (subject to hydrolysis) is 1. The van der Waals surface area contributed by atoms with E-state index in [0.717, 1.165) is 5.56 Å². The van der Waals surface area contributed by atoms with Gasteiger partial charge in [0.05, 0.1) is 18.6 Å². The largest absolute Gasteiger partial charge is 0.456 e. The van der Waals surface area contributed by atoms with E-state index in [4.69, 9.17) is 18.9 Å². The molecule has 18 nitrogen and oxygen atoms in total. The molecule has 0 saturated heterocycles. The van der Waals surface area contributed by atoms with Crippen LogP contribution in [0, 0.1) is 17.8 Å². The number of hydrogen-bond acceptors (Lipinski definition) is 13. The van der Waals surface area contributed by atoms with Crippen molar-refractivity contribution in [2.24, 2.45) is 17.8 Å². The van der Waals surface area contributed by atoms with Crippen molar-refractivity contribution in [3.8, 4) is 0 Å². The predicted molar refractivity (Wildman–Crippen MR) is 283 cm³/mol. The molecule has 4 N–H and O–H groups in total. The number of allylic oxidation sites excluding steroid dienone is 1. The van der Waals surface area contributed by atoms with E-state index in [1.54, 1.807) is 65.0 Å². The van der Waals surface area contributed by atoms with Crippen LogP contribution >= 0.6 is 11.8 Å². The lowest BCUT2D eigenvalue weighted by Gasteiger charge is -2.33. The zero-order valence-electron chi connectivity index (χ0n) is 46.1. The molecular formula is C54H86N6O12S. The Bertz CT molecular complexity index is 2060. The van der Waals surface area contributed by atoms with E-state index >= 15 is 0 Å². The second-order valence-corrected chi connectivity index (χ2v) is 21.3. The maximum Gasteiger partial charge on any atom is 0.407 e. The number of amides is 6. The molecule has 6 amide bonds. The normalized spacial score (nSPS) is 25.7. The van der Waals surface area contributed by atoms with Crippen LogP contribution in [0.15, 0.2) is 53.6 Å². The molecule has 73 heavy (non-hydrogen) atoms. The SMILES string of the molecule is C/C=C(\C)[C@H]1OC(=O)[C@@H](CCCCNC(=O)OC(C)(C)C)NC(=O)[C@H](C(C)CC)NC(=O)CN(C)C(=O)[C@@H](Cc2ccccc2)N(C)C(=O)[C@H](C)NC(=O)[C@@H](CC(C)C)OC(=O)/C(C)=C/C[C@H](OCSC)[C@@H]1C. The average molecular weight is 1040 g/mol. The number of hydrogen-bond donors (Lipinski definition) is 4. The summed E-state index contributed by atoms with van der Waals surface area (Å²) in [4.78, 5) is 114. The van der Waals surface area contributed by atoms with Crippen LogP contribution in [-0.2, 0) is 58.9 Å². The molecule has 0 spiro atoms. The minimum Gasteiger partial charge on any atom is -0.456 e. The Morgan fingerprint density at radius 2 is 1.60 bits per heavy atom. The number of benzene rings is 1. The van der Waals surface area contributed by atoms with E-state index in [1.165, 1.54) is 42.6 Å². The molecule has 2 rings (SSSR count). The third-order valence-electron chi connectivity index (χ3n) is 12.7. The van der Waals surface area contributed by atoms with Crippen molar-refractivity contribution in [3.05, 3.63) is 59.2 Å². The van der Waals surface area contributed by atoms with Crippen LogP contribution in [0.1, 0.15) is 127 Å². The summed E-state index contributed by atoms with van der Waals surface area (Å²) < 4.78 is 23.8. The third kappa shape index (κ3) is 21.9. The quantitative estimate of drug-likeness (QED) is 0.0501. The van der Waals surface area contributed by atoms with Crippen LogP contribution in [0.4, 0.5) is 4.79 Å². The number of ether oxygens (including phenoxy) is 4. The van der Waals surface area contributed by atoms with Gasteiger partial charge >= 0.3 is 18.0 Å². The molecule has 1 unspecified atom stereocenters. The number of nitrogens with one attached hydrogen (secondary N) is 4. The van der Waals surface area contributed by atoms with Crippen LogP contribution in [0.2, 0.25) is 0 Å². The predicted octanol–water partition coefficient (Wildman–Crippen LogP) is 6.26. The van der Waals surface area contributed by atoms with Gasteiger partial charge in [0.1, 0.15) is 35.9 Å². The number of unbranched alkanes of at least 4 members (excludes halogenated alkanes) is 1. The monoisotopic (exact) mass is 1040 g/mol. The minimum atomic E-state index is -1.26. The molecule has 0 bridgehead atoms. The fraction of sp³-hybridized carbons (Fsp3) is 0.667. The molecule has 0 aliphatic carbocycles. The molecular weight excluding hydrogens is 957 g/mol. The Labute approximate surface area is 438 Å². The molecule has 1 aromatic rings. The zero-order chi connectivity index (χ0) is 55.2. The Morgan fingerprint density at radius 3 is 2.19 bits per heavy atom. The van der Waals surface area contributed by atoms with Crippen LogP contribution in [0.3, 0.4) is 0 Å². The molecule has 9 atom stereocenters. The second kappa shape index (κ2) is 31.3. The van der Waals surface area contributed by atoms with Crippen LogP contribution < -0.4 is 21.3 Å². The summed E-state index contributed by atoms with van der Waals surface area (Å²) in [6.45, 7) is 20.9. The molecule has 410 valence electrons. The third-order valence-corrected chi connectivity index (χ3v) is 13.0. The number of carbonyl (C=O) groups is 8. The molecule has 0 radical (unpaired) electrons. The molecule has 0 fully saturated rings. The van der Waals surface area contributed by atoms with Crippen LogP contribution in [-0.4, -0.2) is 145 Å². The fourth-order valence-electron chi connectivity index (χ4n) is 8.02. The maximum absolute atomic E-state index is 14.5. The lowest BCUT2D eigenvalue weighted by atomic mass is 9.90. The van der Waals surface area contributed by atoms with Crippen molar-refractivity contribution in [1.82, 2.24) is 31.1 Å². The van der Waals surface area contributed by atoms with Gasteiger partial charge in [-0.05, 0) is 110 Å². The summed E-state index contributed by atoms with van der Waals surface area (Å²) in [7, 11) is 2.86. The van der Waals surface area contributed by atoms with Gasteiger partial charge in [-0.15, -0.1) is 11.8 Å². The Balaban J connectivity index is 2.76. The van der Waals surface area contributed by atoms with Crippen LogP contribution in [0.5, 0.6) is 0 Å². The highest BCUT2D eigenvalue weighted by molar-refractivity contribution is 7.98. The van der Waals surface area contributed by atoms with Gasteiger partial charge in [0.25, 0.3) is 5.91 Å². The number of esters is 2. The van der Waals surface area contributed by atoms with E-state index in [2.05, 4.69) is 21.3 Å². The Morgan fingerprint density at radius 1 is 0.945 bits per heavy atom. The molecule has 1 aliphatic rings. The van der Waals surface area contributed by atoms with E-state index in [0.29, 0.717) is 24.8 Å². The first-order chi connectivity index (χ1) is 34.2. The molecule has 1 aliphatic heterocycles. The highest BCUT2D eigenvalue weighted by atomic mass is 32.2. The first-order valence-electron chi connectivity index (χ1n) is 25.5. The summed E-state index contributed by atoms with van der Waals surface area (Å²) in [6.07, 6.45) is 3.79. The standard InChI is InChI=1S/C54H86N6O12S/c1-16-34(5)45-48(63)57-40(25-21-22-28-55-53(68)72-54(10,11)12)52(67)71-46(35(6)17-2)37(8)42(69-32-73-15)27-26-36(7)51(66)70-43(29-33(3)4)47(62)56-38(9)49(64)60(14)41(30-39-23-19-18-20-24-39)50(65)59(13)31-44(61)58-45/h17-20,23-24,26,33-34,37-38,40-43,45-46H,16,21-22,25,27-32H2,1-15H3,(H,55,68)(H,56,62)(H,57,63)(H,58,61)/b35-17+,36-26+/t34?,37-,38-,40+,41+,42-,43+,45-,46+/m0/s1. The second-order valence-electron chi connectivity index (χ2n) is 20.5. The smallest absolute Gasteiger partial charge is 0.407 e. The van der Waals surface area contributed by atoms with E-state index < -0.39 is 114 Å². The molecule has 1 heterocycles. The molecule has 0 aromatic heterocycles. The molecule has 0 saturated carbocycles. The van der Waals surface area contributed by atoms with E-state index in [-0.39, 0.29) is 49.7 Å². The van der Waals surface area contributed by atoms with Crippen molar-refractivity contribution >= 4 is 59.3 Å². The Hall–Kier alpha value is -5.43. The van der Waals surface area contributed by atoms with Gasteiger partial charge in [0, 0.05) is 38.6 Å². The number of carbonyl (C=O) groups excluding carboxylic acids is 8. The summed E-state index contributed by atoms with van der Waals surface area (Å²) >= 11 is 1.44. The number of nitrogens with zero attached hydrogens (tertiary/aromatic N) is 2. The number of rotatable bonds is 15. The highest BCUT2D eigenvalue weighted by Crippen LogP contribution is 2.27. The first-order valence-corrected chi connectivity index (χ1v) is 26.9. The number of thioether (sulfide) groups is 1. The van der Waals surface area contributed by atoms with Crippen molar-refractivity contribution < 1.29 is 57.3 Å². The van der Waals surface area contributed by atoms with Crippen molar-refractivity contribution in [1.29, 1.82) is 0 Å². The lowest BCUT2D eigenvalue weighted by Crippen LogP contribution is -2.58. The van der Waals surface area contributed by atoms with Crippen LogP contribution in [0.25, 0.3) is 0 Å². The summed E-state index contributed by atoms with van der Waals surface area (Å²) in [5.41, 5.74) is 0.935. The maximum atomic E-state index is 14.5. The van der Waals surface area contributed by atoms with Gasteiger partial charge in [-0.25, -0.2) is 14.4 Å². The van der Waals surface area contributed by atoms with Gasteiger partial charge in [0.2, 0.25) is 23.6 Å². The number of cyclic esters (lactones) is 2. The van der Waals surface area contributed by atoms with Crippen molar-refractivity contribution in [2.75, 3.05) is 39.4 Å². The first kappa shape index (κ1) is 63.7. The highest BCUT2D eigenvalue weighted by Gasteiger charge is 2.38. The Kier molecular flexibility index (Phi) is 27.3. The van der Waals surface area contributed by atoms with Gasteiger partial charge in [-0.2, -0.15) is 0 Å². The summed E-state index contributed by atoms with van der Waals surface area (Å²) in [5, 5.41) is 11.1. The topological polar surface area (TPSA) is 228 Å². The van der Waals surface area contributed by atoms with Gasteiger partial charge < -0.3 is 50.0 Å². The number of likely N-dealkylation sites (N-methyl/N-ethyl adjacent to an activating group) is 2. The van der Waals surface area contributed by atoms with Crippen molar-refractivity contribution in [2.45, 2.75) is 176 Å². The fourth-order valence-corrected chi connectivity index (χ4v) is 8.33. The van der Waals surface area contributed by atoms with E-state index in [9.17, 15) is 38.4 Å². The molecule has 1 aromatic carbocycles. The van der Waals surface area contributed by atoms with Gasteiger partial charge in [-0.3, -0.25) is 24.0 Å². The minimum absolute atomic E-state index is 0.0660. The van der Waals surface area contributed by atoms with E-state index in [1.807, 2.05) is 59.9 Å². The van der Waals surface area contributed by atoms with Crippen molar-refractivity contribution in [3.63, 3.8) is 0 Å². The summed E-state index contributed by atoms with van der Waals surface area (Å²) in [6, 6.07) is 4.38. The lowest BCUT2D eigenvalue weighted by molar-refractivity contribution is -0.156. The van der Waals surface area contributed by atoms with Gasteiger partial charge in [0.15, 0.2) is 6.10 Å². The molecule has 19 heteroatoms. The zero-order valence-corrected chi connectivity index (χ0v) is 46.9. The van der Waals surface area contributed by atoms with Gasteiger partial charge in [-0.1, -0.05) is 83.5 Å². The summed E-state index contributed by atoms with van der Waals surface area (Å²) in [5.74, 6) is -5.43.